The van der Waals surface area contributed by atoms with Crippen molar-refractivity contribution < 1.29 is 0 Å². The molecule has 2 aromatic rings. The van der Waals surface area contributed by atoms with E-state index in [0.29, 0.717) is 6.54 Å². The van der Waals surface area contributed by atoms with Gasteiger partial charge in [-0.25, -0.2) is 9.67 Å². The SMILES string of the molecule is CCCn1cncc1Cn1ncc(C)c1N. The molecule has 0 aliphatic rings. The summed E-state index contributed by atoms with van der Waals surface area (Å²) in [6.07, 6.45) is 6.60. The molecule has 0 aromatic carbocycles. The van der Waals surface area contributed by atoms with Gasteiger partial charge in [0.1, 0.15) is 5.82 Å². The van der Waals surface area contributed by atoms with Crippen LogP contribution in [0.4, 0.5) is 5.82 Å². The van der Waals surface area contributed by atoms with Crippen LogP contribution in [0.25, 0.3) is 0 Å². The molecule has 0 bridgehead atoms. The standard InChI is InChI=1S/C11H17N5/c1-3-4-15-8-13-6-10(15)7-16-11(12)9(2)5-14-16/h5-6,8H,3-4,7,12H2,1-2H3. The van der Waals surface area contributed by atoms with E-state index in [1.54, 1.807) is 10.9 Å². The Labute approximate surface area is 94.9 Å². The van der Waals surface area contributed by atoms with Crippen LogP contribution in [0.5, 0.6) is 0 Å². The predicted octanol–water partition coefficient (Wildman–Crippen LogP) is 1.43. The lowest BCUT2D eigenvalue weighted by Crippen LogP contribution is -2.10. The van der Waals surface area contributed by atoms with E-state index in [1.807, 2.05) is 19.4 Å². The number of hydrogen-bond acceptors (Lipinski definition) is 3. The van der Waals surface area contributed by atoms with Crippen LogP contribution in [-0.2, 0) is 13.1 Å². The molecule has 86 valence electrons. The molecular formula is C11H17N5. The maximum atomic E-state index is 5.91. The summed E-state index contributed by atoms with van der Waals surface area (Å²) in [7, 11) is 0. The fourth-order valence-corrected chi connectivity index (χ4v) is 1.69. The van der Waals surface area contributed by atoms with Gasteiger partial charge in [-0.1, -0.05) is 6.92 Å². The average Bonchev–Trinajstić information content (AvgIpc) is 2.82. The number of aryl methyl sites for hydroxylation is 2. The molecule has 2 aromatic heterocycles. The van der Waals surface area contributed by atoms with E-state index in [4.69, 9.17) is 5.73 Å². The number of imidazole rings is 1. The highest BCUT2D eigenvalue weighted by Gasteiger charge is 2.07. The number of nitrogen functional groups attached to an aromatic ring is 1. The Kier molecular flexibility index (Phi) is 2.94. The van der Waals surface area contributed by atoms with E-state index in [9.17, 15) is 0 Å². The van der Waals surface area contributed by atoms with Gasteiger partial charge < -0.3 is 10.3 Å². The van der Waals surface area contributed by atoms with E-state index in [-0.39, 0.29) is 0 Å². The fraction of sp³-hybridized carbons (Fsp3) is 0.455. The molecule has 0 atom stereocenters. The molecule has 0 fully saturated rings. The third-order valence-corrected chi connectivity index (χ3v) is 2.65. The smallest absolute Gasteiger partial charge is 0.125 e. The van der Waals surface area contributed by atoms with Crippen LogP contribution in [0.2, 0.25) is 0 Å². The molecule has 5 heteroatoms. The second kappa shape index (κ2) is 4.38. The van der Waals surface area contributed by atoms with E-state index < -0.39 is 0 Å². The Hall–Kier alpha value is -1.78. The van der Waals surface area contributed by atoms with Gasteiger partial charge in [0.2, 0.25) is 0 Å². The van der Waals surface area contributed by atoms with E-state index >= 15 is 0 Å². The third kappa shape index (κ3) is 1.93. The normalized spacial score (nSPS) is 10.9. The summed E-state index contributed by atoms with van der Waals surface area (Å²) in [4.78, 5) is 4.15. The van der Waals surface area contributed by atoms with Crippen molar-refractivity contribution >= 4 is 5.82 Å². The van der Waals surface area contributed by atoms with Crippen molar-refractivity contribution in [3.8, 4) is 0 Å². The molecule has 0 saturated carbocycles. The Balaban J connectivity index is 2.20. The Bertz CT molecular complexity index is 468. The van der Waals surface area contributed by atoms with Crippen molar-refractivity contribution in [3.63, 3.8) is 0 Å². The molecule has 2 heterocycles. The van der Waals surface area contributed by atoms with Gasteiger partial charge in [0.05, 0.1) is 31.0 Å². The second-order valence-corrected chi connectivity index (χ2v) is 3.95. The first-order chi connectivity index (χ1) is 7.72. The number of rotatable bonds is 4. The van der Waals surface area contributed by atoms with Gasteiger partial charge in [-0.3, -0.25) is 0 Å². The number of nitrogens with zero attached hydrogens (tertiary/aromatic N) is 4. The van der Waals surface area contributed by atoms with E-state index in [2.05, 4.69) is 21.6 Å². The molecule has 16 heavy (non-hydrogen) atoms. The molecule has 0 unspecified atom stereocenters. The third-order valence-electron chi connectivity index (χ3n) is 2.65. The van der Waals surface area contributed by atoms with E-state index in [0.717, 1.165) is 30.0 Å². The molecule has 0 amide bonds. The molecule has 0 spiro atoms. The monoisotopic (exact) mass is 219 g/mol. The molecule has 2 rings (SSSR count). The maximum absolute atomic E-state index is 5.91. The van der Waals surface area contributed by atoms with Crippen LogP contribution in [0.1, 0.15) is 24.6 Å². The predicted molar refractivity (Wildman–Crippen MR) is 63.0 cm³/mol. The zero-order chi connectivity index (χ0) is 11.5. The quantitative estimate of drug-likeness (QED) is 0.846. The van der Waals surface area contributed by atoms with Crippen LogP contribution in [0.3, 0.4) is 0 Å². The summed E-state index contributed by atoms with van der Waals surface area (Å²) >= 11 is 0. The summed E-state index contributed by atoms with van der Waals surface area (Å²) in [5, 5.41) is 4.24. The lowest BCUT2D eigenvalue weighted by molar-refractivity contribution is 0.601. The number of hydrogen-bond donors (Lipinski definition) is 1. The lowest BCUT2D eigenvalue weighted by Gasteiger charge is -2.08. The zero-order valence-corrected chi connectivity index (χ0v) is 9.72. The zero-order valence-electron chi connectivity index (χ0n) is 9.72. The molecular weight excluding hydrogens is 202 g/mol. The van der Waals surface area contributed by atoms with Crippen LogP contribution in [0.15, 0.2) is 18.7 Å². The van der Waals surface area contributed by atoms with Crippen molar-refractivity contribution in [2.24, 2.45) is 0 Å². The minimum atomic E-state index is 0.680. The van der Waals surface area contributed by atoms with Crippen LogP contribution in [-0.4, -0.2) is 19.3 Å². The summed E-state index contributed by atoms with van der Waals surface area (Å²) in [5.41, 5.74) is 8.07. The summed E-state index contributed by atoms with van der Waals surface area (Å²) in [6.45, 7) is 5.77. The number of anilines is 1. The minimum Gasteiger partial charge on any atom is -0.384 e. The first kappa shape index (κ1) is 10.7. The van der Waals surface area contributed by atoms with Crippen LogP contribution >= 0.6 is 0 Å². The molecule has 0 aliphatic heterocycles. The second-order valence-electron chi connectivity index (χ2n) is 3.95. The van der Waals surface area contributed by atoms with Crippen molar-refractivity contribution in [2.45, 2.75) is 33.4 Å². The van der Waals surface area contributed by atoms with Gasteiger partial charge in [-0.2, -0.15) is 5.10 Å². The van der Waals surface area contributed by atoms with E-state index in [1.165, 1.54) is 0 Å². The van der Waals surface area contributed by atoms with Crippen LogP contribution < -0.4 is 5.73 Å². The molecule has 0 radical (unpaired) electrons. The van der Waals surface area contributed by atoms with Crippen molar-refractivity contribution in [3.05, 3.63) is 30.0 Å². The van der Waals surface area contributed by atoms with Gasteiger partial charge in [-0.15, -0.1) is 0 Å². The highest BCUT2D eigenvalue weighted by atomic mass is 15.3. The van der Waals surface area contributed by atoms with Crippen molar-refractivity contribution in [1.82, 2.24) is 19.3 Å². The number of aromatic nitrogens is 4. The summed E-state index contributed by atoms with van der Waals surface area (Å²) in [6, 6.07) is 0. The summed E-state index contributed by atoms with van der Waals surface area (Å²) in [5.74, 6) is 0.726. The minimum absolute atomic E-state index is 0.680. The molecule has 0 aliphatic carbocycles. The average molecular weight is 219 g/mol. The van der Waals surface area contributed by atoms with Crippen molar-refractivity contribution in [1.29, 1.82) is 0 Å². The number of nitrogens with two attached hydrogens (primary N) is 1. The van der Waals surface area contributed by atoms with Gasteiger partial charge in [0.15, 0.2) is 0 Å². The first-order valence-electron chi connectivity index (χ1n) is 5.49. The Morgan fingerprint density at radius 1 is 1.38 bits per heavy atom. The molecule has 2 N–H and O–H groups in total. The largest absolute Gasteiger partial charge is 0.384 e. The fourth-order valence-electron chi connectivity index (χ4n) is 1.69. The van der Waals surface area contributed by atoms with Crippen molar-refractivity contribution in [2.75, 3.05) is 5.73 Å². The van der Waals surface area contributed by atoms with Gasteiger partial charge >= 0.3 is 0 Å². The Morgan fingerprint density at radius 2 is 2.19 bits per heavy atom. The highest BCUT2D eigenvalue weighted by molar-refractivity contribution is 5.37. The molecule has 0 saturated heterocycles. The Morgan fingerprint density at radius 3 is 2.81 bits per heavy atom. The van der Waals surface area contributed by atoms with Gasteiger partial charge in [-0.05, 0) is 13.3 Å². The lowest BCUT2D eigenvalue weighted by atomic mass is 10.3. The highest BCUT2D eigenvalue weighted by Crippen LogP contribution is 2.11. The first-order valence-corrected chi connectivity index (χ1v) is 5.49. The molecule has 5 nitrogen and oxygen atoms in total. The summed E-state index contributed by atoms with van der Waals surface area (Å²) < 4.78 is 3.94. The maximum Gasteiger partial charge on any atom is 0.125 e. The van der Waals surface area contributed by atoms with Crippen LogP contribution in [0, 0.1) is 6.92 Å². The van der Waals surface area contributed by atoms with Gasteiger partial charge in [0, 0.05) is 12.1 Å². The van der Waals surface area contributed by atoms with Gasteiger partial charge in [0.25, 0.3) is 0 Å². The topological polar surface area (TPSA) is 61.7 Å².